The molecule has 136 valence electrons. The van der Waals surface area contributed by atoms with Crippen molar-refractivity contribution in [2.45, 2.75) is 45.8 Å². The zero-order chi connectivity index (χ0) is 18.4. The van der Waals surface area contributed by atoms with Crippen molar-refractivity contribution in [3.05, 3.63) is 29.6 Å². The summed E-state index contributed by atoms with van der Waals surface area (Å²) < 4.78 is 19.6. The van der Waals surface area contributed by atoms with Gasteiger partial charge < -0.3 is 15.0 Å². The molecule has 2 aliphatic rings. The van der Waals surface area contributed by atoms with Gasteiger partial charge in [0.25, 0.3) is 0 Å². The van der Waals surface area contributed by atoms with Crippen LogP contribution in [-0.4, -0.2) is 42.5 Å². The molecule has 0 radical (unpaired) electrons. The van der Waals surface area contributed by atoms with Crippen molar-refractivity contribution in [2.75, 3.05) is 19.0 Å². The van der Waals surface area contributed by atoms with Crippen LogP contribution >= 0.6 is 0 Å². The standard InChI is InChI=1S/C19H25FN2O3/c1-5-11-6-7-12(10-14(11)20)21-17(23)18(24)22(4)15-13-8-9-25-16(13)19(15,2)3/h6-7,10,13,15-16H,5,8-9H2,1-4H3,(H,21,23)/t13-,15-,16+/m1/s1. The maximum Gasteiger partial charge on any atom is 0.313 e. The van der Waals surface area contributed by atoms with Crippen molar-refractivity contribution in [3.8, 4) is 0 Å². The molecule has 2 amide bonds. The Hall–Kier alpha value is -1.95. The minimum Gasteiger partial charge on any atom is -0.377 e. The Morgan fingerprint density at radius 2 is 2.12 bits per heavy atom. The first-order chi connectivity index (χ1) is 11.8. The van der Waals surface area contributed by atoms with E-state index in [2.05, 4.69) is 19.2 Å². The van der Waals surface area contributed by atoms with Gasteiger partial charge in [-0.15, -0.1) is 0 Å². The van der Waals surface area contributed by atoms with E-state index in [1.165, 1.54) is 11.0 Å². The number of amides is 2. The minimum absolute atomic E-state index is 0.0301. The second-order valence-electron chi connectivity index (χ2n) is 7.54. The zero-order valence-electron chi connectivity index (χ0n) is 15.1. The number of fused-ring (bicyclic) bond motifs is 1. The molecular formula is C19H25FN2O3. The molecule has 2 fully saturated rings. The lowest BCUT2D eigenvalue weighted by Gasteiger charge is -2.57. The van der Waals surface area contributed by atoms with Gasteiger partial charge in [-0.3, -0.25) is 9.59 Å². The van der Waals surface area contributed by atoms with Gasteiger partial charge in [0, 0.05) is 36.7 Å². The van der Waals surface area contributed by atoms with Crippen molar-refractivity contribution in [3.63, 3.8) is 0 Å². The number of ether oxygens (including phenoxy) is 1. The molecule has 0 bridgehead atoms. The van der Waals surface area contributed by atoms with E-state index in [0.717, 1.165) is 6.42 Å². The van der Waals surface area contributed by atoms with Crippen LogP contribution in [0.25, 0.3) is 0 Å². The van der Waals surface area contributed by atoms with E-state index in [0.29, 0.717) is 18.6 Å². The molecule has 0 aromatic heterocycles. The third-order valence-electron chi connectivity index (χ3n) is 5.66. The van der Waals surface area contributed by atoms with Crippen LogP contribution in [0.2, 0.25) is 0 Å². The summed E-state index contributed by atoms with van der Waals surface area (Å²) in [6.07, 6.45) is 1.62. The summed E-state index contributed by atoms with van der Waals surface area (Å²) in [5, 5.41) is 2.50. The Balaban J connectivity index is 1.68. The molecule has 5 nitrogen and oxygen atoms in total. The highest BCUT2D eigenvalue weighted by atomic mass is 19.1. The van der Waals surface area contributed by atoms with Gasteiger partial charge in [-0.2, -0.15) is 0 Å². The lowest BCUT2D eigenvalue weighted by atomic mass is 9.57. The Labute approximate surface area is 147 Å². The highest BCUT2D eigenvalue weighted by Gasteiger charge is 2.61. The predicted molar refractivity (Wildman–Crippen MR) is 92.6 cm³/mol. The summed E-state index contributed by atoms with van der Waals surface area (Å²) >= 11 is 0. The highest BCUT2D eigenvalue weighted by Crippen LogP contribution is 2.54. The molecule has 1 aliphatic heterocycles. The second kappa shape index (κ2) is 6.41. The number of carbonyl (C=O) groups excluding carboxylic acids is 2. The van der Waals surface area contributed by atoms with Crippen LogP contribution in [0, 0.1) is 17.2 Å². The molecule has 6 heteroatoms. The van der Waals surface area contributed by atoms with Gasteiger partial charge in [-0.05, 0) is 30.5 Å². The summed E-state index contributed by atoms with van der Waals surface area (Å²) in [5.41, 5.74) is 0.683. The number of benzene rings is 1. The number of halogens is 1. The summed E-state index contributed by atoms with van der Waals surface area (Å²) in [6, 6.07) is 4.45. The average molecular weight is 348 g/mol. The molecule has 3 rings (SSSR count). The van der Waals surface area contributed by atoms with E-state index in [-0.39, 0.29) is 35.0 Å². The lowest BCUT2D eigenvalue weighted by molar-refractivity contribution is -0.169. The summed E-state index contributed by atoms with van der Waals surface area (Å²) in [7, 11) is 1.66. The number of anilines is 1. The molecule has 1 saturated heterocycles. The Morgan fingerprint density at radius 3 is 2.76 bits per heavy atom. The van der Waals surface area contributed by atoms with E-state index in [4.69, 9.17) is 4.74 Å². The summed E-state index contributed by atoms with van der Waals surface area (Å²) in [5.74, 6) is -1.46. The monoisotopic (exact) mass is 348 g/mol. The van der Waals surface area contributed by atoms with Gasteiger partial charge in [-0.25, -0.2) is 4.39 Å². The number of aryl methyl sites for hydroxylation is 1. The molecule has 1 aromatic rings. The first-order valence-electron chi connectivity index (χ1n) is 8.75. The molecule has 1 N–H and O–H groups in total. The summed E-state index contributed by atoms with van der Waals surface area (Å²) in [4.78, 5) is 26.4. The largest absolute Gasteiger partial charge is 0.377 e. The fourth-order valence-electron chi connectivity index (χ4n) is 4.47. The third-order valence-corrected chi connectivity index (χ3v) is 5.66. The Kier molecular flexibility index (Phi) is 4.58. The minimum atomic E-state index is -0.746. The number of hydrogen-bond acceptors (Lipinski definition) is 3. The Bertz CT molecular complexity index is 704. The lowest BCUT2D eigenvalue weighted by Crippen LogP contribution is -2.67. The van der Waals surface area contributed by atoms with Gasteiger partial charge in [0.1, 0.15) is 5.82 Å². The first-order valence-corrected chi connectivity index (χ1v) is 8.75. The number of carbonyl (C=O) groups is 2. The van der Waals surface area contributed by atoms with Gasteiger partial charge in [-0.1, -0.05) is 26.8 Å². The van der Waals surface area contributed by atoms with Crippen molar-refractivity contribution in [2.24, 2.45) is 11.3 Å². The molecule has 1 saturated carbocycles. The van der Waals surface area contributed by atoms with Gasteiger partial charge in [0.15, 0.2) is 0 Å². The van der Waals surface area contributed by atoms with Crippen molar-refractivity contribution < 1.29 is 18.7 Å². The topological polar surface area (TPSA) is 58.6 Å². The molecular weight excluding hydrogens is 323 g/mol. The van der Waals surface area contributed by atoms with Gasteiger partial charge >= 0.3 is 11.8 Å². The fraction of sp³-hybridized carbons (Fsp3) is 0.579. The van der Waals surface area contributed by atoms with Crippen LogP contribution in [0.1, 0.15) is 32.8 Å². The molecule has 1 aromatic carbocycles. The van der Waals surface area contributed by atoms with E-state index in [1.807, 2.05) is 6.92 Å². The fourth-order valence-corrected chi connectivity index (χ4v) is 4.47. The highest BCUT2D eigenvalue weighted by molar-refractivity contribution is 6.39. The quantitative estimate of drug-likeness (QED) is 0.854. The smallest absolute Gasteiger partial charge is 0.313 e. The van der Waals surface area contributed by atoms with Crippen LogP contribution in [0.15, 0.2) is 18.2 Å². The van der Waals surface area contributed by atoms with Crippen LogP contribution in [-0.2, 0) is 20.7 Å². The number of likely N-dealkylation sites (N-methyl/N-ethyl adjacent to an activating group) is 1. The van der Waals surface area contributed by atoms with E-state index in [9.17, 15) is 14.0 Å². The van der Waals surface area contributed by atoms with Crippen LogP contribution in [0.5, 0.6) is 0 Å². The average Bonchev–Trinajstić information content (AvgIpc) is 3.00. The second-order valence-corrected chi connectivity index (χ2v) is 7.54. The van der Waals surface area contributed by atoms with Crippen LogP contribution < -0.4 is 5.32 Å². The number of nitrogens with zero attached hydrogens (tertiary/aromatic N) is 1. The number of rotatable bonds is 3. The Morgan fingerprint density at radius 1 is 1.40 bits per heavy atom. The van der Waals surface area contributed by atoms with E-state index < -0.39 is 11.8 Å². The molecule has 25 heavy (non-hydrogen) atoms. The van der Waals surface area contributed by atoms with E-state index >= 15 is 0 Å². The first kappa shape index (κ1) is 17.9. The number of nitrogens with one attached hydrogen (secondary N) is 1. The molecule has 1 heterocycles. The normalized spacial score (nSPS) is 26.5. The van der Waals surface area contributed by atoms with Gasteiger partial charge in [0.2, 0.25) is 0 Å². The molecule has 0 spiro atoms. The maximum atomic E-state index is 13.8. The third kappa shape index (κ3) is 2.92. The SMILES string of the molecule is CCc1ccc(NC(=O)C(=O)N(C)[C@@H]2[C@H]3CCO[C@@H]3C2(C)C)cc1F. The predicted octanol–water partition coefficient (Wildman–Crippen LogP) is 2.60. The van der Waals surface area contributed by atoms with Crippen molar-refractivity contribution in [1.82, 2.24) is 4.90 Å². The molecule has 0 unspecified atom stereocenters. The van der Waals surface area contributed by atoms with Crippen LogP contribution in [0.3, 0.4) is 0 Å². The zero-order valence-corrected chi connectivity index (χ0v) is 15.1. The number of hydrogen-bond donors (Lipinski definition) is 1. The summed E-state index contributed by atoms with van der Waals surface area (Å²) in [6.45, 7) is 6.68. The van der Waals surface area contributed by atoms with Crippen molar-refractivity contribution in [1.29, 1.82) is 0 Å². The van der Waals surface area contributed by atoms with E-state index in [1.54, 1.807) is 19.2 Å². The van der Waals surface area contributed by atoms with Crippen LogP contribution in [0.4, 0.5) is 10.1 Å². The molecule has 3 atom stereocenters. The molecule has 1 aliphatic carbocycles. The van der Waals surface area contributed by atoms with Crippen molar-refractivity contribution >= 4 is 17.5 Å². The van der Waals surface area contributed by atoms with Gasteiger partial charge in [0.05, 0.1) is 6.10 Å². The maximum absolute atomic E-state index is 13.8.